The average molecular weight is 391 g/mol. The van der Waals surface area contributed by atoms with Crippen LogP contribution in [0.2, 0.25) is 0 Å². The molecule has 1 aliphatic heterocycles. The number of methoxy groups -OCH3 is 1. The van der Waals surface area contributed by atoms with E-state index in [1.807, 2.05) is 0 Å². The van der Waals surface area contributed by atoms with Gasteiger partial charge >= 0.3 is 0 Å². The number of nitrogens with zero attached hydrogens (tertiary/aromatic N) is 2. The first kappa shape index (κ1) is 17.6. The fraction of sp³-hybridized carbons (Fsp3) is 0.125. The van der Waals surface area contributed by atoms with E-state index in [2.05, 4.69) is 10.3 Å². The lowest BCUT2D eigenvalue weighted by atomic mass is 10.3. The number of nitrogens with one attached hydrogen (secondary N) is 1. The lowest BCUT2D eigenvalue weighted by Gasteiger charge is -2.18. The number of anilines is 2. The van der Waals surface area contributed by atoms with Crippen LogP contribution in [0.1, 0.15) is 12.6 Å². The summed E-state index contributed by atoms with van der Waals surface area (Å²) in [5.74, 6) is 0.313. The topological polar surface area (TPSA) is 71.5 Å². The molecule has 0 bridgehead atoms. The highest BCUT2D eigenvalue weighted by Crippen LogP contribution is 2.32. The zero-order valence-electron chi connectivity index (χ0n) is 13.3. The van der Waals surface area contributed by atoms with E-state index < -0.39 is 0 Å². The van der Waals surface area contributed by atoms with Crippen molar-refractivity contribution < 1.29 is 14.3 Å². The summed E-state index contributed by atoms with van der Waals surface area (Å²) in [6.07, 6.45) is 1.66. The summed E-state index contributed by atoms with van der Waals surface area (Å²) in [7, 11) is 1.58. The number of amides is 2. The van der Waals surface area contributed by atoms with Crippen molar-refractivity contribution in [3.8, 4) is 5.75 Å². The van der Waals surface area contributed by atoms with Gasteiger partial charge in [0.25, 0.3) is 5.91 Å². The standard InChI is InChI=1S/C16H13N3O3S3/c1-9(20)19(11-3-5-12(22-2)6-4-11)15-17-10(8-24-15)7-13-14(21)18-16(23)25-13/h3-8H,1-2H3,(H,18,21,23). The molecule has 0 unspecified atom stereocenters. The summed E-state index contributed by atoms with van der Waals surface area (Å²) in [5, 5.41) is 4.87. The monoisotopic (exact) mass is 391 g/mol. The van der Waals surface area contributed by atoms with Crippen LogP contribution in [0, 0.1) is 0 Å². The van der Waals surface area contributed by atoms with Gasteiger partial charge in [-0.25, -0.2) is 4.98 Å². The van der Waals surface area contributed by atoms with Gasteiger partial charge in [-0.05, 0) is 30.3 Å². The molecule has 1 aliphatic rings. The molecule has 1 saturated heterocycles. The largest absolute Gasteiger partial charge is 0.497 e. The molecule has 0 spiro atoms. The van der Waals surface area contributed by atoms with Crippen LogP contribution in [0.5, 0.6) is 5.75 Å². The van der Waals surface area contributed by atoms with E-state index >= 15 is 0 Å². The first-order valence-corrected chi connectivity index (χ1v) is 9.23. The molecule has 2 heterocycles. The van der Waals surface area contributed by atoms with Gasteiger partial charge in [0.15, 0.2) is 5.13 Å². The Hall–Kier alpha value is -2.23. The highest BCUT2D eigenvalue weighted by molar-refractivity contribution is 8.26. The minimum Gasteiger partial charge on any atom is -0.497 e. The lowest BCUT2D eigenvalue weighted by Crippen LogP contribution is -2.22. The third-order valence-corrected chi connectivity index (χ3v) is 5.27. The second-order valence-electron chi connectivity index (χ2n) is 4.96. The molecule has 25 heavy (non-hydrogen) atoms. The zero-order valence-corrected chi connectivity index (χ0v) is 15.8. The van der Waals surface area contributed by atoms with Gasteiger partial charge < -0.3 is 10.1 Å². The van der Waals surface area contributed by atoms with Crippen LogP contribution in [-0.2, 0) is 9.59 Å². The van der Waals surface area contributed by atoms with Crippen molar-refractivity contribution in [1.29, 1.82) is 0 Å². The summed E-state index contributed by atoms with van der Waals surface area (Å²) < 4.78 is 5.56. The number of carbonyl (C=O) groups is 2. The first-order valence-electron chi connectivity index (χ1n) is 7.13. The van der Waals surface area contributed by atoms with Crippen LogP contribution < -0.4 is 15.0 Å². The Bertz CT molecular complexity index is 874. The Morgan fingerprint density at radius 1 is 1.36 bits per heavy atom. The van der Waals surface area contributed by atoms with Gasteiger partial charge in [-0.2, -0.15) is 0 Å². The van der Waals surface area contributed by atoms with Crippen molar-refractivity contribution in [3.05, 3.63) is 40.2 Å². The maximum Gasteiger partial charge on any atom is 0.263 e. The van der Waals surface area contributed by atoms with Gasteiger partial charge in [0.05, 0.1) is 23.4 Å². The van der Waals surface area contributed by atoms with E-state index in [1.54, 1.807) is 42.8 Å². The Morgan fingerprint density at radius 2 is 2.08 bits per heavy atom. The van der Waals surface area contributed by atoms with E-state index in [0.717, 1.165) is 0 Å². The predicted octanol–water partition coefficient (Wildman–Crippen LogP) is 3.33. The Balaban J connectivity index is 1.89. The molecule has 1 fully saturated rings. The molecular weight excluding hydrogens is 378 g/mol. The predicted molar refractivity (Wildman–Crippen MR) is 104 cm³/mol. The quantitative estimate of drug-likeness (QED) is 0.637. The molecular formula is C16H13N3O3S3. The van der Waals surface area contributed by atoms with Gasteiger partial charge in [-0.1, -0.05) is 24.0 Å². The van der Waals surface area contributed by atoms with Crippen molar-refractivity contribution in [2.24, 2.45) is 0 Å². The number of benzene rings is 1. The lowest BCUT2D eigenvalue weighted by molar-refractivity contribution is -0.116. The number of thioether (sulfide) groups is 1. The number of ether oxygens (including phenoxy) is 1. The van der Waals surface area contributed by atoms with Crippen LogP contribution >= 0.6 is 35.3 Å². The number of hydrogen-bond donors (Lipinski definition) is 1. The number of thiazole rings is 1. The zero-order chi connectivity index (χ0) is 18.0. The molecule has 0 radical (unpaired) electrons. The van der Waals surface area contributed by atoms with Crippen molar-refractivity contribution >= 4 is 68.3 Å². The van der Waals surface area contributed by atoms with Crippen molar-refractivity contribution in [2.45, 2.75) is 6.92 Å². The number of thiocarbonyl (C=S) groups is 1. The van der Waals surface area contributed by atoms with Gasteiger partial charge in [-0.15, -0.1) is 11.3 Å². The molecule has 0 saturated carbocycles. The van der Waals surface area contributed by atoms with Crippen molar-refractivity contribution in [3.63, 3.8) is 0 Å². The van der Waals surface area contributed by atoms with Crippen LogP contribution in [0.25, 0.3) is 6.08 Å². The van der Waals surface area contributed by atoms with Crippen molar-refractivity contribution in [2.75, 3.05) is 12.0 Å². The number of rotatable bonds is 4. The molecule has 1 N–H and O–H groups in total. The van der Waals surface area contributed by atoms with Gasteiger partial charge in [0.1, 0.15) is 10.1 Å². The molecule has 2 amide bonds. The highest BCUT2D eigenvalue weighted by atomic mass is 32.2. The molecule has 9 heteroatoms. The number of carbonyl (C=O) groups excluding carboxylic acids is 2. The number of aromatic nitrogens is 1. The second kappa shape index (κ2) is 7.34. The summed E-state index contributed by atoms with van der Waals surface area (Å²) in [6, 6.07) is 7.14. The molecule has 3 rings (SSSR count). The van der Waals surface area contributed by atoms with Gasteiger partial charge in [-0.3, -0.25) is 14.5 Å². The minimum atomic E-state index is -0.233. The second-order valence-corrected chi connectivity index (χ2v) is 7.52. The summed E-state index contributed by atoms with van der Waals surface area (Å²) in [5.41, 5.74) is 1.29. The smallest absolute Gasteiger partial charge is 0.263 e. The van der Waals surface area contributed by atoms with E-state index in [4.69, 9.17) is 17.0 Å². The fourth-order valence-corrected chi connectivity index (χ4v) is 4.03. The third-order valence-electron chi connectivity index (χ3n) is 3.27. The van der Waals surface area contributed by atoms with Crippen LogP contribution in [0.15, 0.2) is 34.6 Å². The molecule has 1 aromatic heterocycles. The normalized spacial score (nSPS) is 15.4. The van der Waals surface area contributed by atoms with Crippen LogP contribution in [0.3, 0.4) is 0 Å². The molecule has 6 nitrogen and oxygen atoms in total. The maximum absolute atomic E-state index is 12.1. The molecule has 0 aliphatic carbocycles. The average Bonchev–Trinajstić information content (AvgIpc) is 3.15. The maximum atomic E-state index is 12.1. The van der Waals surface area contributed by atoms with E-state index in [9.17, 15) is 9.59 Å². The van der Waals surface area contributed by atoms with Crippen molar-refractivity contribution in [1.82, 2.24) is 10.3 Å². The van der Waals surface area contributed by atoms with Crippen LogP contribution in [0.4, 0.5) is 10.8 Å². The summed E-state index contributed by atoms with van der Waals surface area (Å²) in [4.78, 5) is 30.3. The molecule has 1 aromatic carbocycles. The first-order chi connectivity index (χ1) is 12.0. The van der Waals surface area contributed by atoms with Crippen LogP contribution in [-0.4, -0.2) is 28.2 Å². The summed E-state index contributed by atoms with van der Waals surface area (Å²) >= 11 is 7.48. The highest BCUT2D eigenvalue weighted by Gasteiger charge is 2.23. The summed E-state index contributed by atoms with van der Waals surface area (Å²) in [6.45, 7) is 1.47. The van der Waals surface area contributed by atoms with E-state index in [-0.39, 0.29) is 11.8 Å². The van der Waals surface area contributed by atoms with Gasteiger partial charge in [0.2, 0.25) is 5.91 Å². The number of hydrogen-bond acceptors (Lipinski definition) is 7. The molecule has 128 valence electrons. The van der Waals surface area contributed by atoms with Gasteiger partial charge in [0, 0.05) is 12.3 Å². The molecule has 0 atom stereocenters. The minimum absolute atomic E-state index is 0.159. The SMILES string of the molecule is COc1ccc(N(C(C)=O)c2nc(C=C3SC(=S)NC3=O)cs2)cc1. The fourth-order valence-electron chi connectivity index (χ4n) is 2.16. The Labute approximate surface area is 157 Å². The molecule has 2 aromatic rings. The Kier molecular flexibility index (Phi) is 5.16. The Morgan fingerprint density at radius 3 is 2.64 bits per heavy atom. The van der Waals surface area contributed by atoms with E-state index in [1.165, 1.54) is 34.9 Å². The van der Waals surface area contributed by atoms with E-state index in [0.29, 0.717) is 31.5 Å². The third kappa shape index (κ3) is 3.89.